The van der Waals surface area contributed by atoms with E-state index in [2.05, 4.69) is 193 Å². The Hall–Kier alpha value is -3.50. The normalized spacial score (nSPS) is 42.4. The van der Waals surface area contributed by atoms with E-state index in [9.17, 15) is 28.8 Å². The maximum Gasteiger partial charge on any atom is 0.306 e. The van der Waals surface area contributed by atoms with Gasteiger partial charge in [0, 0.05) is 72.5 Å². The quantitative estimate of drug-likeness (QED) is 0.123. The lowest BCUT2D eigenvalue weighted by molar-refractivity contribution is -0.158. The van der Waals surface area contributed by atoms with Gasteiger partial charge in [-0.15, -0.1) is 0 Å². The van der Waals surface area contributed by atoms with Crippen molar-refractivity contribution in [3.05, 3.63) is 24.3 Å². The van der Waals surface area contributed by atoms with Crippen molar-refractivity contribution in [1.29, 1.82) is 0 Å². The molecule has 0 aliphatic heterocycles. The second-order valence-electron chi connectivity index (χ2n) is 45.3. The van der Waals surface area contributed by atoms with Gasteiger partial charge in [-0.25, -0.2) is 0 Å². The Morgan fingerprint density at radius 2 is 0.570 bits per heavy atom. The predicted molar refractivity (Wildman–Crippen MR) is 433 cm³/mol. The van der Waals surface area contributed by atoms with E-state index in [1.54, 1.807) is 0 Å². The highest BCUT2D eigenvalue weighted by atomic mass is 16.6. The molecule has 0 aromatic carbocycles. The number of ketones is 1. The lowest BCUT2D eigenvalue weighted by atomic mass is 9.70. The van der Waals surface area contributed by atoms with Crippen molar-refractivity contribution in [2.45, 2.75) is 398 Å². The number of esters is 5. The second kappa shape index (κ2) is 30.4. The third-order valence-corrected chi connectivity index (χ3v) is 38.2. The Kier molecular flexibility index (Phi) is 24.8. The Labute approximate surface area is 654 Å². The molecule has 21 atom stereocenters. The van der Waals surface area contributed by atoms with Crippen LogP contribution >= 0.6 is 0 Å². The molecule has 16 rings (SSSR count). The van der Waals surface area contributed by atoms with Crippen LogP contribution in [0.3, 0.4) is 0 Å². The highest BCUT2D eigenvalue weighted by Gasteiger charge is 2.68. The van der Waals surface area contributed by atoms with Crippen molar-refractivity contribution in [2.24, 2.45) is 147 Å². The van der Waals surface area contributed by atoms with Gasteiger partial charge in [0.2, 0.25) is 0 Å². The van der Waals surface area contributed by atoms with E-state index in [0.717, 1.165) is 98.2 Å². The van der Waals surface area contributed by atoms with Crippen LogP contribution in [-0.2, 0) is 52.5 Å². The van der Waals surface area contributed by atoms with Gasteiger partial charge < -0.3 is 23.7 Å². The summed E-state index contributed by atoms with van der Waals surface area (Å²) in [6, 6.07) is 0. The monoisotopic (exact) mass is 1490 g/mol. The Balaban J connectivity index is 0.000000142. The first kappa shape index (κ1) is 87.5. The summed E-state index contributed by atoms with van der Waals surface area (Å²) in [5.41, 5.74) is 7.03. The first-order valence-electron chi connectivity index (χ1n) is 43.7. The number of hydrogen-bond donors (Lipinski definition) is 0. The molecule has 16 aliphatic carbocycles. The maximum absolute atomic E-state index is 11.8. The van der Waals surface area contributed by atoms with E-state index >= 15 is 0 Å². The fourth-order valence-electron chi connectivity index (χ4n) is 26.6. The minimum absolute atomic E-state index is 0.00502. The minimum atomic E-state index is -0.125. The van der Waals surface area contributed by atoms with Crippen LogP contribution in [0.2, 0.25) is 0 Å². The minimum Gasteiger partial charge on any atom is -0.462 e. The number of carbonyl (C=O) groups excluding carboxylic acids is 6. The van der Waals surface area contributed by atoms with E-state index in [4.69, 9.17) is 23.7 Å². The van der Waals surface area contributed by atoms with Crippen LogP contribution in [0.15, 0.2) is 24.3 Å². The summed E-state index contributed by atoms with van der Waals surface area (Å²) in [6.45, 7) is 72.1. The summed E-state index contributed by atoms with van der Waals surface area (Å²) in [5, 5.41) is 0. The molecule has 16 aliphatic rings. The number of fused-ring (bicyclic) bond motifs is 16. The summed E-state index contributed by atoms with van der Waals surface area (Å²) >= 11 is 0. The number of hydrogen-bond acceptors (Lipinski definition) is 11. The SMILES string of the molecule is C=C1C2CCC(C2)C1(C)C.C=C1[C@H]2CC[C@H](C2)C1(C)C.CC(=O)OC1CC2CCC1(C)C2(C)C.CC(=O)OC1CC2CCC1(C)C2(C)C.CC(=O)O[C@H]1C[C@@H]2CC[C@@]1(C)C2(C)C.CC(C)CC(=O)OC1CC2CCC1(C)C2(C)C.CC(C)CC(=O)O[C@@H]1C[C@@H]2CC[C@@]1(C)C2(C)C.CC12CCC(CC1=O)C2(C)C. The van der Waals surface area contributed by atoms with Gasteiger partial charge in [-0.3, -0.25) is 28.8 Å². The van der Waals surface area contributed by atoms with Crippen molar-refractivity contribution in [1.82, 2.24) is 0 Å². The molecule has 0 aromatic rings. The predicted octanol–water partition coefficient (Wildman–Crippen LogP) is 24.3. The van der Waals surface area contributed by atoms with Gasteiger partial charge >= 0.3 is 29.8 Å². The molecule has 0 saturated heterocycles. The Morgan fingerprint density at radius 3 is 0.701 bits per heavy atom. The smallest absolute Gasteiger partial charge is 0.306 e. The molecule has 13 unspecified atom stereocenters. The number of rotatable bonds is 9. The van der Waals surface area contributed by atoms with Crippen LogP contribution in [0.1, 0.15) is 368 Å². The van der Waals surface area contributed by atoms with Crippen LogP contribution in [0.25, 0.3) is 0 Å². The van der Waals surface area contributed by atoms with Crippen LogP contribution in [-0.4, -0.2) is 66.1 Å². The number of Topliss-reactive ketones (excluding diaryl/α,β-unsaturated/α-hetero) is 1. The number of carbonyl (C=O) groups is 6. The van der Waals surface area contributed by atoms with E-state index in [-0.39, 0.29) is 98.3 Å². The Bertz CT molecular complexity index is 3060. The summed E-state index contributed by atoms with van der Waals surface area (Å²) < 4.78 is 27.8. The number of ether oxygens (including phenoxy) is 5. The molecule has 0 aromatic heterocycles. The molecule has 0 amide bonds. The fraction of sp³-hybridized carbons (Fsp3) is 0.896. The van der Waals surface area contributed by atoms with Gasteiger partial charge in [0.25, 0.3) is 0 Å². The average Bonchev–Trinajstić information content (AvgIpc) is 1.59. The largest absolute Gasteiger partial charge is 0.462 e. The molecule has 11 nitrogen and oxygen atoms in total. The molecule has 0 N–H and O–H groups in total. The summed E-state index contributed by atoms with van der Waals surface area (Å²) in [4.78, 5) is 68.2. The van der Waals surface area contributed by atoms with Crippen molar-refractivity contribution in [3.8, 4) is 0 Å². The summed E-state index contributed by atoms with van der Waals surface area (Å²) in [5.74, 6) is 9.01. The third-order valence-electron chi connectivity index (χ3n) is 38.2. The van der Waals surface area contributed by atoms with Crippen molar-refractivity contribution >= 4 is 35.6 Å². The molecule has 0 spiro atoms. The van der Waals surface area contributed by atoms with Gasteiger partial charge in [0.05, 0.1) is 0 Å². The molecular weight excluding hydrogens is 1330 g/mol. The third kappa shape index (κ3) is 15.3. The molecule has 16 fully saturated rings. The van der Waals surface area contributed by atoms with Gasteiger partial charge in [-0.2, -0.15) is 0 Å². The number of allylic oxidation sites excluding steroid dienone is 2. The molecule has 610 valence electrons. The molecule has 0 heterocycles. The zero-order valence-corrected chi connectivity index (χ0v) is 74.1. The maximum atomic E-state index is 11.8. The van der Waals surface area contributed by atoms with E-state index in [1.807, 2.05) is 0 Å². The van der Waals surface area contributed by atoms with Crippen LogP contribution in [0, 0.1) is 147 Å². The second-order valence-corrected chi connectivity index (χ2v) is 45.3. The van der Waals surface area contributed by atoms with Crippen molar-refractivity contribution in [3.63, 3.8) is 0 Å². The van der Waals surface area contributed by atoms with Crippen molar-refractivity contribution in [2.75, 3.05) is 0 Å². The zero-order valence-electron chi connectivity index (χ0n) is 74.1. The Morgan fingerprint density at radius 1 is 0.327 bits per heavy atom. The van der Waals surface area contributed by atoms with Crippen molar-refractivity contribution < 1.29 is 52.5 Å². The lowest BCUT2D eigenvalue weighted by Gasteiger charge is -2.38. The van der Waals surface area contributed by atoms with Gasteiger partial charge in [0.15, 0.2) is 0 Å². The fourth-order valence-corrected chi connectivity index (χ4v) is 26.6. The molecular formula is C96H160O11. The summed E-state index contributed by atoms with van der Waals surface area (Å²) in [7, 11) is 0. The highest BCUT2D eigenvalue weighted by Crippen LogP contribution is 2.71. The topological polar surface area (TPSA) is 149 Å². The van der Waals surface area contributed by atoms with Gasteiger partial charge in [0.1, 0.15) is 36.3 Å². The first-order chi connectivity index (χ1) is 48.9. The highest BCUT2D eigenvalue weighted by molar-refractivity contribution is 5.89. The average molecular weight is 1490 g/mol. The summed E-state index contributed by atoms with van der Waals surface area (Å²) in [6.07, 6.45) is 31.7. The molecule has 16 bridgehead atoms. The molecule has 16 saturated carbocycles. The van der Waals surface area contributed by atoms with Gasteiger partial charge in [-0.1, -0.05) is 204 Å². The van der Waals surface area contributed by atoms with Gasteiger partial charge in [-0.05, 0) is 262 Å². The standard InChI is InChI=1S/2C15H26O2.3C12H20O2.C10H16O.2C10H16/c2*1-10(2)8-13(16)17-12-9-11-6-7-15(12,5)14(11,3)4;3*1-8(13)14-10-7-9-5-6-12(10,4)11(9,2)3;1-9(2)7-4-5-10(9,3)8(11)6-7;2*1-7-8-4-5-9(6-8)10(7,2)3/h2*10-12H,6-9H2,1-5H3;3*9-10H,5-7H2,1-4H3;7H,4-6H2,1-3H3;2*8-9H,1,4-6H2,2-3H3/t11-,12+,15+;;9-,10-,12+;;;;8-,9+;/m0.0...0./s1. The van der Waals surface area contributed by atoms with Crippen LogP contribution in [0.4, 0.5) is 0 Å². The lowest BCUT2D eigenvalue weighted by Crippen LogP contribution is -2.38. The van der Waals surface area contributed by atoms with E-state index < -0.39 is 0 Å². The van der Waals surface area contributed by atoms with E-state index in [0.29, 0.717) is 74.3 Å². The van der Waals surface area contributed by atoms with Crippen LogP contribution in [0.5, 0.6) is 0 Å². The zero-order chi connectivity index (χ0) is 80.4. The molecule has 107 heavy (non-hydrogen) atoms. The molecule has 0 radical (unpaired) electrons. The molecule has 11 heteroatoms. The van der Waals surface area contributed by atoms with E-state index in [1.165, 1.54) is 141 Å². The first-order valence-corrected chi connectivity index (χ1v) is 43.7. The van der Waals surface area contributed by atoms with Crippen LogP contribution < -0.4 is 0 Å².